The second-order valence-electron chi connectivity index (χ2n) is 10.8. The van der Waals surface area contributed by atoms with Crippen molar-refractivity contribution in [2.75, 3.05) is 0 Å². The zero-order chi connectivity index (χ0) is 28.3. The van der Waals surface area contributed by atoms with E-state index in [4.69, 9.17) is 5.41 Å². The largest absolute Gasteiger partial charge is 0.388 e. The Morgan fingerprint density at radius 2 is 1.98 bits per heavy atom. The SMILES string of the molecule is N=C/C(=C\NC1CC(CCC#Cc2ccc3c(c2)C(=O)N(C2CCC(=O)NC2=O)C3)C1)c1cnc2ccccc2n1. The highest BCUT2D eigenvalue weighted by atomic mass is 16.2. The number of benzene rings is 2. The van der Waals surface area contributed by atoms with Crippen LogP contribution in [0.3, 0.4) is 0 Å². The number of rotatable bonds is 7. The van der Waals surface area contributed by atoms with Gasteiger partial charge in [-0.1, -0.05) is 30.0 Å². The monoisotopic (exact) mass is 546 g/mol. The zero-order valence-electron chi connectivity index (χ0n) is 22.5. The lowest BCUT2D eigenvalue weighted by atomic mass is 9.77. The van der Waals surface area contributed by atoms with Crippen LogP contribution >= 0.6 is 0 Å². The highest BCUT2D eigenvalue weighted by Gasteiger charge is 2.39. The van der Waals surface area contributed by atoms with Crippen molar-refractivity contribution in [3.63, 3.8) is 0 Å². The first-order valence-electron chi connectivity index (χ1n) is 13.9. The predicted octanol–water partition coefficient (Wildman–Crippen LogP) is 3.58. The summed E-state index contributed by atoms with van der Waals surface area (Å²) in [7, 11) is 0. The number of hydrogen-bond acceptors (Lipinski definition) is 7. The minimum absolute atomic E-state index is 0.181. The average molecular weight is 547 g/mol. The second kappa shape index (κ2) is 11.3. The van der Waals surface area contributed by atoms with Crippen molar-refractivity contribution in [1.82, 2.24) is 25.5 Å². The molecular weight excluding hydrogens is 516 g/mol. The molecule has 41 heavy (non-hydrogen) atoms. The van der Waals surface area contributed by atoms with Gasteiger partial charge in [0.05, 0.1) is 22.9 Å². The van der Waals surface area contributed by atoms with E-state index in [1.54, 1.807) is 11.1 Å². The fourth-order valence-electron chi connectivity index (χ4n) is 5.67. The van der Waals surface area contributed by atoms with Crippen LogP contribution in [0.4, 0.5) is 0 Å². The molecule has 1 aliphatic carbocycles. The number of imide groups is 1. The zero-order valence-corrected chi connectivity index (χ0v) is 22.5. The van der Waals surface area contributed by atoms with Crippen LogP contribution in [0, 0.1) is 23.2 Å². The Kier molecular flexibility index (Phi) is 7.30. The Hall–Kier alpha value is -4.84. The minimum Gasteiger partial charge on any atom is -0.388 e. The Bertz CT molecular complexity index is 1650. The van der Waals surface area contributed by atoms with Crippen LogP contribution in [0.25, 0.3) is 16.6 Å². The van der Waals surface area contributed by atoms with E-state index < -0.39 is 11.9 Å². The second-order valence-corrected chi connectivity index (χ2v) is 10.8. The third-order valence-corrected chi connectivity index (χ3v) is 8.05. The molecule has 2 aromatic carbocycles. The Labute approximate surface area is 238 Å². The lowest BCUT2D eigenvalue weighted by Gasteiger charge is -2.35. The predicted molar refractivity (Wildman–Crippen MR) is 155 cm³/mol. The number of aromatic nitrogens is 2. The maximum atomic E-state index is 13.0. The molecule has 6 rings (SSSR count). The van der Waals surface area contributed by atoms with Gasteiger partial charge in [-0.05, 0) is 61.4 Å². The molecule has 0 bridgehead atoms. The Morgan fingerprint density at radius 1 is 1.15 bits per heavy atom. The molecule has 2 fully saturated rings. The summed E-state index contributed by atoms with van der Waals surface area (Å²) in [5, 5.41) is 13.6. The van der Waals surface area contributed by atoms with E-state index in [9.17, 15) is 14.4 Å². The first kappa shape index (κ1) is 26.4. The van der Waals surface area contributed by atoms with Crippen molar-refractivity contribution in [1.29, 1.82) is 5.41 Å². The molecule has 0 radical (unpaired) electrons. The van der Waals surface area contributed by atoms with Crippen molar-refractivity contribution in [3.8, 4) is 11.8 Å². The van der Waals surface area contributed by atoms with E-state index >= 15 is 0 Å². The standard InChI is InChI=1S/C32H30N6O3/c33-16-23(28-18-35-26-7-3-4-8-27(26)36-28)17-34-24-13-21(14-24)6-2-1-5-20-9-10-22-19-38(32(41)25(22)15-20)29-11-12-30(39)37-31(29)40/h3-4,7-10,15-18,21,24,29,33-34H,2,6,11-14,19H2,(H,37,39,40)/b23-17+,33-16?. The van der Waals surface area contributed by atoms with Gasteiger partial charge in [-0.3, -0.25) is 24.7 Å². The molecule has 1 saturated carbocycles. The quantitative estimate of drug-likeness (QED) is 0.236. The molecule has 3 amide bonds. The molecular formula is C32H30N6O3. The van der Waals surface area contributed by atoms with Gasteiger partial charge in [-0.2, -0.15) is 0 Å². The van der Waals surface area contributed by atoms with Gasteiger partial charge in [0.1, 0.15) is 6.04 Å². The number of amides is 3. The molecule has 1 unspecified atom stereocenters. The summed E-state index contributed by atoms with van der Waals surface area (Å²) in [5.74, 6) is 6.17. The summed E-state index contributed by atoms with van der Waals surface area (Å²) in [4.78, 5) is 47.3. The van der Waals surface area contributed by atoms with E-state index in [1.165, 1.54) is 6.21 Å². The number of nitrogens with one attached hydrogen (secondary N) is 3. The summed E-state index contributed by atoms with van der Waals surface area (Å²) >= 11 is 0. The molecule has 3 N–H and O–H groups in total. The summed E-state index contributed by atoms with van der Waals surface area (Å²) in [6, 6.07) is 13.1. The highest BCUT2D eigenvalue weighted by molar-refractivity contribution is 6.07. The van der Waals surface area contributed by atoms with Crippen molar-refractivity contribution in [3.05, 3.63) is 77.2 Å². The molecule has 1 atom stereocenters. The van der Waals surface area contributed by atoms with Crippen LogP contribution in [0.15, 0.2) is 54.9 Å². The van der Waals surface area contributed by atoms with Crippen LogP contribution in [0.1, 0.15) is 65.7 Å². The summed E-state index contributed by atoms with van der Waals surface area (Å²) in [6.07, 6.45) is 9.36. The molecule has 9 heteroatoms. The number of fused-ring (bicyclic) bond motifs is 2. The first-order valence-corrected chi connectivity index (χ1v) is 13.9. The molecule has 1 aromatic heterocycles. The van der Waals surface area contributed by atoms with Gasteiger partial charge in [-0.15, -0.1) is 0 Å². The number of carbonyl (C=O) groups is 3. The molecule has 9 nitrogen and oxygen atoms in total. The first-order chi connectivity index (χ1) is 20.0. The maximum absolute atomic E-state index is 13.0. The van der Waals surface area contributed by atoms with Crippen LogP contribution in [-0.4, -0.2) is 50.9 Å². The number of piperidine rings is 1. The average Bonchev–Trinajstić information content (AvgIpc) is 3.28. The molecule has 2 aliphatic heterocycles. The third kappa shape index (κ3) is 5.59. The summed E-state index contributed by atoms with van der Waals surface area (Å²) < 4.78 is 0. The van der Waals surface area contributed by atoms with E-state index in [2.05, 4.69) is 32.4 Å². The van der Waals surface area contributed by atoms with Crippen LogP contribution in [0.5, 0.6) is 0 Å². The summed E-state index contributed by atoms with van der Waals surface area (Å²) in [6.45, 7) is 0.372. The normalized spacial score (nSPS) is 22.0. The van der Waals surface area contributed by atoms with Crippen LogP contribution < -0.4 is 10.6 Å². The number of allylic oxidation sites excluding steroid dienone is 1. The van der Waals surface area contributed by atoms with Crippen LogP contribution in [0.2, 0.25) is 0 Å². The van der Waals surface area contributed by atoms with Gasteiger partial charge in [0.2, 0.25) is 11.8 Å². The van der Waals surface area contributed by atoms with Gasteiger partial charge in [0.15, 0.2) is 0 Å². The van der Waals surface area contributed by atoms with Gasteiger partial charge in [0.25, 0.3) is 5.91 Å². The van der Waals surface area contributed by atoms with E-state index in [-0.39, 0.29) is 18.2 Å². The van der Waals surface area contributed by atoms with Crippen molar-refractivity contribution >= 4 is 40.5 Å². The molecule has 3 aliphatic rings. The van der Waals surface area contributed by atoms with Gasteiger partial charge in [0, 0.05) is 54.5 Å². The minimum atomic E-state index is -0.609. The van der Waals surface area contributed by atoms with E-state index in [1.807, 2.05) is 48.7 Å². The number of hydrogen-bond donors (Lipinski definition) is 3. The number of carbonyl (C=O) groups excluding carboxylic acids is 3. The van der Waals surface area contributed by atoms with Crippen molar-refractivity contribution in [2.24, 2.45) is 5.92 Å². The molecule has 206 valence electrons. The highest BCUT2D eigenvalue weighted by Crippen LogP contribution is 2.32. The fraction of sp³-hybridized carbons (Fsp3) is 0.312. The van der Waals surface area contributed by atoms with Gasteiger partial charge >= 0.3 is 0 Å². The Morgan fingerprint density at radius 3 is 2.78 bits per heavy atom. The molecule has 3 heterocycles. The summed E-state index contributed by atoms with van der Waals surface area (Å²) in [5.41, 5.74) is 5.27. The van der Waals surface area contributed by atoms with E-state index in [0.29, 0.717) is 41.8 Å². The van der Waals surface area contributed by atoms with Gasteiger partial charge in [-0.25, -0.2) is 4.98 Å². The van der Waals surface area contributed by atoms with E-state index in [0.717, 1.165) is 47.8 Å². The smallest absolute Gasteiger partial charge is 0.255 e. The topological polar surface area (TPSA) is 128 Å². The maximum Gasteiger partial charge on any atom is 0.255 e. The third-order valence-electron chi connectivity index (χ3n) is 8.05. The lowest BCUT2D eigenvalue weighted by Crippen LogP contribution is -2.52. The molecule has 1 saturated heterocycles. The fourth-order valence-corrected chi connectivity index (χ4v) is 5.67. The van der Waals surface area contributed by atoms with Crippen molar-refractivity contribution in [2.45, 2.75) is 57.2 Å². The van der Waals surface area contributed by atoms with Gasteiger partial charge < -0.3 is 15.6 Å². The number of nitrogens with zero attached hydrogens (tertiary/aromatic N) is 3. The number of para-hydroxylation sites is 2. The van der Waals surface area contributed by atoms with Crippen LogP contribution in [-0.2, 0) is 16.1 Å². The van der Waals surface area contributed by atoms with Crippen molar-refractivity contribution < 1.29 is 14.4 Å². The molecule has 3 aromatic rings. The molecule has 0 spiro atoms. The Balaban J connectivity index is 0.976. The lowest BCUT2D eigenvalue weighted by molar-refractivity contribution is -0.136.